The molecule has 5 heteroatoms. The summed E-state index contributed by atoms with van der Waals surface area (Å²) in [4.78, 5) is 0. The fourth-order valence-electron chi connectivity index (χ4n) is 0. The lowest BCUT2D eigenvalue weighted by Crippen LogP contribution is -0.489. The van der Waals surface area contributed by atoms with Crippen molar-refractivity contribution in [2.75, 3.05) is 0 Å². The Balaban J connectivity index is -0.00000000167. The van der Waals surface area contributed by atoms with E-state index in [9.17, 15) is 0 Å². The van der Waals surface area contributed by atoms with Gasteiger partial charge in [-0.05, 0) is 11.0 Å². The molecule has 0 spiro atoms. The molecule has 0 aromatic heterocycles. The molecule has 0 fully saturated rings. The first-order valence-corrected chi connectivity index (χ1v) is 0.548. The first kappa shape index (κ1) is 30.5. The van der Waals surface area contributed by atoms with E-state index in [4.69, 9.17) is 4.57 Å². The minimum Gasteiger partial charge on any atom is -0.261 e. The van der Waals surface area contributed by atoms with Crippen LogP contribution in [0.1, 0.15) is 0 Å². The second-order valence-electron chi connectivity index (χ2n) is 0. The second kappa shape index (κ2) is 45.8. The number of rotatable bonds is 0. The SMILES string of the molecule is O=[P].[AlH3].[MgH2].[SiH4]. The van der Waals surface area contributed by atoms with Gasteiger partial charge in [0.05, 0.1) is 0 Å². The Hall–Kier alpha value is 1.62. The van der Waals surface area contributed by atoms with Gasteiger partial charge < -0.3 is 0 Å². The molecule has 0 aromatic rings. The molecule has 0 heterocycles. The van der Waals surface area contributed by atoms with Crippen molar-refractivity contribution < 1.29 is 4.57 Å². The molecule has 0 saturated carbocycles. The summed E-state index contributed by atoms with van der Waals surface area (Å²) in [5.74, 6) is 0. The average Bonchev–Trinajstić information content (AvgIpc) is 1.00. The highest BCUT2D eigenvalue weighted by Gasteiger charge is 0.754. The van der Waals surface area contributed by atoms with Gasteiger partial charge in [0.2, 0.25) is 0 Å². The molecule has 0 aliphatic carbocycles. The van der Waals surface area contributed by atoms with E-state index >= 15 is 0 Å². The lowest BCUT2D eigenvalue weighted by atomic mass is 16.0. The Morgan fingerprint density at radius 3 is 1.20 bits per heavy atom. The monoisotopic (exact) mass is 135 g/mol. The van der Waals surface area contributed by atoms with E-state index in [2.05, 4.69) is 9.12 Å². The second-order valence-corrected chi connectivity index (χ2v) is 0. The summed E-state index contributed by atoms with van der Waals surface area (Å²) in [6.45, 7) is 0. The maximum Gasteiger partial charge on any atom is 0.316 e. The van der Waals surface area contributed by atoms with Gasteiger partial charge in [0.1, 0.15) is 0 Å². The van der Waals surface area contributed by atoms with Gasteiger partial charge in [-0.2, -0.15) is 0 Å². The third kappa shape index (κ3) is 28.1. The van der Waals surface area contributed by atoms with Crippen LogP contribution in [0.15, 0.2) is 0 Å². The van der Waals surface area contributed by atoms with E-state index < -0.39 is 0 Å². The summed E-state index contributed by atoms with van der Waals surface area (Å²) in [5, 5.41) is 0. The Morgan fingerprint density at radius 1 is 1.20 bits per heavy atom. The van der Waals surface area contributed by atoms with Gasteiger partial charge in [-0.1, -0.05) is 0 Å². The molecule has 0 aromatic carbocycles. The van der Waals surface area contributed by atoms with E-state index in [0.717, 1.165) is 0 Å². The predicted molar refractivity (Wildman–Crippen MR) is 37.4 cm³/mol. The van der Waals surface area contributed by atoms with E-state index in [1.54, 1.807) is 0 Å². The van der Waals surface area contributed by atoms with E-state index in [1.807, 2.05) is 0 Å². The third-order valence-electron chi connectivity index (χ3n) is 0. The summed E-state index contributed by atoms with van der Waals surface area (Å²) < 4.78 is 7.94. The maximum absolute atomic E-state index is 7.94. The average molecular weight is 135 g/mol. The topological polar surface area (TPSA) is 17.1 Å². The lowest BCUT2D eigenvalue weighted by molar-refractivity contribution is 0.607. The number of hydrogen-bond acceptors (Lipinski definition) is 1. The van der Waals surface area contributed by atoms with Gasteiger partial charge in [-0.15, -0.1) is 0 Å². The molecule has 0 aliphatic heterocycles. The van der Waals surface area contributed by atoms with Gasteiger partial charge in [-0.25, -0.2) is 0 Å². The normalized spacial score (nSPS) is 0.800. The Kier molecular flexibility index (Phi) is 280. The van der Waals surface area contributed by atoms with Crippen LogP contribution in [0.25, 0.3) is 0 Å². The van der Waals surface area contributed by atoms with Gasteiger partial charge in [-0.3, -0.25) is 4.57 Å². The van der Waals surface area contributed by atoms with E-state index in [1.165, 1.54) is 0 Å². The highest BCUT2D eigenvalue weighted by molar-refractivity contribution is 7.00. The van der Waals surface area contributed by atoms with Gasteiger partial charge in [0.25, 0.3) is 9.12 Å². The number of hydrogen-bond donors (Lipinski definition) is 0. The highest BCUT2D eigenvalue weighted by atomic mass is 31.0. The molecule has 1 radical (unpaired) electrons. The van der Waals surface area contributed by atoms with Crippen LogP contribution in [0.2, 0.25) is 0 Å². The van der Waals surface area contributed by atoms with Gasteiger partial charge in [0.15, 0.2) is 17.4 Å². The fourth-order valence-corrected chi connectivity index (χ4v) is 0. The largest absolute Gasteiger partial charge is 0.316 e. The van der Waals surface area contributed by atoms with Crippen LogP contribution in [0.4, 0.5) is 0 Å². The molecule has 0 aliphatic rings. The lowest BCUT2D eigenvalue weighted by Gasteiger charge is -0.754. The molecular formula is H9AlMgOPSi. The van der Waals surface area contributed by atoms with Crippen molar-refractivity contribution in [2.45, 2.75) is 0 Å². The first-order valence-electron chi connectivity index (χ1n) is 0.183. The summed E-state index contributed by atoms with van der Waals surface area (Å²) >= 11 is 0. The summed E-state index contributed by atoms with van der Waals surface area (Å²) in [5.41, 5.74) is 0. The molecule has 0 saturated heterocycles. The van der Waals surface area contributed by atoms with Gasteiger partial charge in [0, 0.05) is 0 Å². The van der Waals surface area contributed by atoms with Crippen molar-refractivity contribution in [3.63, 3.8) is 0 Å². The van der Waals surface area contributed by atoms with Crippen molar-refractivity contribution in [3.05, 3.63) is 0 Å². The Bertz CT molecular complexity index is 11.6. The maximum atomic E-state index is 7.94. The van der Waals surface area contributed by atoms with Crippen molar-refractivity contribution in [3.8, 4) is 0 Å². The van der Waals surface area contributed by atoms with Gasteiger partial charge >= 0.3 is 23.1 Å². The zero-order chi connectivity index (χ0) is 2.00. The molecule has 29 valence electrons. The van der Waals surface area contributed by atoms with Crippen LogP contribution in [-0.2, 0) is 4.57 Å². The Labute approximate surface area is 64.8 Å². The summed E-state index contributed by atoms with van der Waals surface area (Å²) in [7, 11) is 2.28. The molecule has 0 atom stereocenters. The van der Waals surface area contributed by atoms with Crippen LogP contribution in [0.3, 0.4) is 0 Å². The third-order valence-corrected chi connectivity index (χ3v) is 0. The van der Waals surface area contributed by atoms with Crippen LogP contribution in [0, 0.1) is 0 Å². The minimum absolute atomic E-state index is 0. The van der Waals surface area contributed by atoms with Crippen LogP contribution >= 0.6 is 9.12 Å². The molecule has 0 unspecified atom stereocenters. The van der Waals surface area contributed by atoms with Crippen LogP contribution < -0.4 is 0 Å². The van der Waals surface area contributed by atoms with Crippen molar-refractivity contribution in [1.82, 2.24) is 0 Å². The van der Waals surface area contributed by atoms with Crippen LogP contribution in [-0.4, -0.2) is 51.4 Å². The van der Waals surface area contributed by atoms with Crippen molar-refractivity contribution in [1.29, 1.82) is 0 Å². The standard InChI is InChI=1S/Al.Mg.OP.H4Si.5H/c;;1-2;;;;;;/h;;;1H4;;;;;. The fraction of sp³-hybridized carbons (Fsp3) is 0. The molecule has 5 heavy (non-hydrogen) atoms. The van der Waals surface area contributed by atoms with E-state index in [0.29, 0.717) is 0 Å². The minimum atomic E-state index is 0. The van der Waals surface area contributed by atoms with Crippen molar-refractivity contribution >= 4 is 60.5 Å². The molecule has 0 bridgehead atoms. The molecular weight excluding hydrogens is 126 g/mol. The zero-order valence-electron chi connectivity index (χ0n) is 0.855. The summed E-state index contributed by atoms with van der Waals surface area (Å²) in [6.07, 6.45) is 0. The molecule has 1 nitrogen and oxygen atoms in total. The van der Waals surface area contributed by atoms with Crippen LogP contribution in [0.5, 0.6) is 0 Å². The smallest absolute Gasteiger partial charge is 0.261 e. The van der Waals surface area contributed by atoms with E-state index in [-0.39, 0.29) is 51.4 Å². The predicted octanol–water partition coefficient (Wildman–Crippen LogP) is -2.81. The first-order chi connectivity index (χ1) is 1.00. The zero-order valence-corrected chi connectivity index (χ0v) is 1.75. The van der Waals surface area contributed by atoms with Crippen molar-refractivity contribution in [2.24, 2.45) is 0 Å². The highest BCUT2D eigenvalue weighted by Crippen LogP contribution is 1.23. The summed E-state index contributed by atoms with van der Waals surface area (Å²) in [6, 6.07) is 0. The molecule has 0 rings (SSSR count). The molecule has 0 amide bonds. The Morgan fingerprint density at radius 2 is 1.20 bits per heavy atom. The molecule has 0 N–H and O–H groups in total. The quantitative estimate of drug-likeness (QED) is 0.259.